The van der Waals surface area contributed by atoms with E-state index >= 15 is 0 Å². The third-order valence-electron chi connectivity index (χ3n) is 5.50. The topological polar surface area (TPSA) is 12.5 Å². The zero-order chi connectivity index (χ0) is 14.9. The summed E-state index contributed by atoms with van der Waals surface area (Å²) in [6, 6.07) is 5.13. The summed E-state index contributed by atoms with van der Waals surface area (Å²) < 4.78 is 19.2. The summed E-state index contributed by atoms with van der Waals surface area (Å²) in [6.07, 6.45) is 6.69. The molecule has 0 amide bonds. The Morgan fingerprint density at radius 1 is 1.33 bits per heavy atom. The summed E-state index contributed by atoms with van der Waals surface area (Å²) in [7, 11) is 1.85. The fourth-order valence-electron chi connectivity index (χ4n) is 4.39. The number of methoxy groups -OCH3 is 1. The van der Waals surface area contributed by atoms with Crippen molar-refractivity contribution < 1.29 is 9.13 Å². The van der Waals surface area contributed by atoms with Gasteiger partial charge in [0.2, 0.25) is 0 Å². The number of hydrogen-bond acceptors (Lipinski definition) is 2. The first kappa shape index (κ1) is 15.0. The highest BCUT2D eigenvalue weighted by Crippen LogP contribution is 2.46. The predicted octanol–water partition coefficient (Wildman–Crippen LogP) is 3.92. The number of hydrogen-bond donors (Lipinski definition) is 0. The van der Waals surface area contributed by atoms with Gasteiger partial charge in [0.15, 0.2) is 0 Å². The van der Waals surface area contributed by atoms with Gasteiger partial charge in [-0.15, -0.1) is 0 Å². The van der Waals surface area contributed by atoms with Crippen molar-refractivity contribution in [1.82, 2.24) is 4.90 Å². The lowest BCUT2D eigenvalue weighted by Crippen LogP contribution is -2.47. The van der Waals surface area contributed by atoms with E-state index in [4.69, 9.17) is 4.74 Å². The molecule has 1 saturated heterocycles. The molecule has 1 aliphatic carbocycles. The molecule has 2 aliphatic rings. The first-order chi connectivity index (χ1) is 10.1. The third kappa shape index (κ3) is 3.00. The van der Waals surface area contributed by atoms with Gasteiger partial charge in [-0.3, -0.25) is 4.90 Å². The quantitative estimate of drug-likeness (QED) is 0.837. The Kier molecular flexibility index (Phi) is 4.32. The van der Waals surface area contributed by atoms with Crippen LogP contribution in [0.4, 0.5) is 4.39 Å². The molecule has 2 atom stereocenters. The molecule has 0 radical (unpaired) electrons. The van der Waals surface area contributed by atoms with Gasteiger partial charge in [0, 0.05) is 25.6 Å². The molecule has 21 heavy (non-hydrogen) atoms. The summed E-state index contributed by atoms with van der Waals surface area (Å²) in [6.45, 7) is 5.15. The molecule has 3 rings (SSSR count). The summed E-state index contributed by atoms with van der Waals surface area (Å²) in [5, 5.41) is 0. The van der Waals surface area contributed by atoms with Gasteiger partial charge >= 0.3 is 0 Å². The van der Waals surface area contributed by atoms with Gasteiger partial charge in [0.1, 0.15) is 5.82 Å². The molecule has 0 unspecified atom stereocenters. The van der Waals surface area contributed by atoms with E-state index in [-0.39, 0.29) is 5.82 Å². The first-order valence-corrected chi connectivity index (χ1v) is 8.13. The Hall–Kier alpha value is -0.930. The predicted molar refractivity (Wildman–Crippen MR) is 82.7 cm³/mol. The van der Waals surface area contributed by atoms with E-state index in [1.807, 2.05) is 13.2 Å². The number of ether oxygens (including phenoxy) is 1. The molecule has 0 bridgehead atoms. The maximum atomic E-state index is 13.5. The van der Waals surface area contributed by atoms with Crippen molar-refractivity contribution in [2.45, 2.75) is 51.7 Å². The standard InChI is InChI=1S/C18H26FNO/c1-14-6-7-16(19)11-15(14)12-20-10-4-9-18(13-20)8-3-5-17(18)21-2/h6-7,11,17H,3-5,8-10,12-13H2,1-2H3/t17-,18+/m1/s1. The van der Waals surface area contributed by atoms with Crippen molar-refractivity contribution in [2.24, 2.45) is 5.41 Å². The van der Waals surface area contributed by atoms with Crippen molar-refractivity contribution in [3.8, 4) is 0 Å². The van der Waals surface area contributed by atoms with E-state index < -0.39 is 0 Å². The molecular formula is C18H26FNO. The van der Waals surface area contributed by atoms with E-state index in [1.165, 1.54) is 37.7 Å². The van der Waals surface area contributed by atoms with Gasteiger partial charge in [0.05, 0.1) is 6.10 Å². The van der Waals surface area contributed by atoms with Crippen LogP contribution in [0.1, 0.15) is 43.2 Å². The Balaban J connectivity index is 1.73. The second kappa shape index (κ2) is 6.05. The van der Waals surface area contributed by atoms with Crippen LogP contribution in [0.3, 0.4) is 0 Å². The minimum Gasteiger partial charge on any atom is -0.381 e. The van der Waals surface area contributed by atoms with Crippen molar-refractivity contribution in [2.75, 3.05) is 20.2 Å². The van der Waals surface area contributed by atoms with Crippen LogP contribution < -0.4 is 0 Å². The Labute approximate surface area is 127 Å². The van der Waals surface area contributed by atoms with E-state index in [2.05, 4.69) is 11.8 Å². The highest BCUT2D eigenvalue weighted by molar-refractivity contribution is 5.26. The molecule has 116 valence electrons. The van der Waals surface area contributed by atoms with Crippen LogP contribution in [0.15, 0.2) is 18.2 Å². The van der Waals surface area contributed by atoms with Gasteiger partial charge in [0.25, 0.3) is 0 Å². The second-order valence-electron chi connectivity index (χ2n) is 6.86. The van der Waals surface area contributed by atoms with Crippen LogP contribution in [-0.2, 0) is 11.3 Å². The minimum absolute atomic E-state index is 0.127. The van der Waals surface area contributed by atoms with E-state index in [0.29, 0.717) is 11.5 Å². The summed E-state index contributed by atoms with van der Waals surface area (Å²) in [5.74, 6) is -0.127. The number of piperidine rings is 1. The monoisotopic (exact) mass is 291 g/mol. The molecule has 1 aliphatic heterocycles. The van der Waals surface area contributed by atoms with Gasteiger partial charge in [-0.1, -0.05) is 12.5 Å². The van der Waals surface area contributed by atoms with E-state index in [1.54, 1.807) is 12.1 Å². The summed E-state index contributed by atoms with van der Waals surface area (Å²) in [4.78, 5) is 2.50. The van der Waals surface area contributed by atoms with Gasteiger partial charge in [-0.25, -0.2) is 4.39 Å². The van der Waals surface area contributed by atoms with Crippen LogP contribution in [0.5, 0.6) is 0 Å². The fraction of sp³-hybridized carbons (Fsp3) is 0.667. The van der Waals surface area contributed by atoms with Crippen LogP contribution in [0.25, 0.3) is 0 Å². The van der Waals surface area contributed by atoms with Crippen molar-refractivity contribution in [1.29, 1.82) is 0 Å². The Morgan fingerprint density at radius 3 is 2.95 bits per heavy atom. The molecule has 2 nitrogen and oxygen atoms in total. The molecule has 1 saturated carbocycles. The number of rotatable bonds is 3. The molecule has 0 N–H and O–H groups in total. The zero-order valence-corrected chi connectivity index (χ0v) is 13.2. The van der Waals surface area contributed by atoms with Crippen molar-refractivity contribution >= 4 is 0 Å². The molecule has 0 aromatic heterocycles. The molecule has 1 spiro atoms. The molecule has 1 heterocycles. The number of likely N-dealkylation sites (tertiary alicyclic amines) is 1. The normalized spacial score (nSPS) is 30.1. The lowest BCUT2D eigenvalue weighted by atomic mass is 9.76. The average molecular weight is 291 g/mol. The summed E-state index contributed by atoms with van der Waals surface area (Å²) >= 11 is 0. The summed E-state index contributed by atoms with van der Waals surface area (Å²) in [5.41, 5.74) is 2.65. The number of halogens is 1. The van der Waals surface area contributed by atoms with Crippen LogP contribution in [0.2, 0.25) is 0 Å². The third-order valence-corrected chi connectivity index (χ3v) is 5.50. The first-order valence-electron chi connectivity index (χ1n) is 8.13. The highest BCUT2D eigenvalue weighted by atomic mass is 19.1. The molecule has 1 aromatic carbocycles. The number of nitrogens with zero attached hydrogens (tertiary/aromatic N) is 1. The zero-order valence-electron chi connectivity index (χ0n) is 13.2. The molecule has 1 aromatic rings. The largest absolute Gasteiger partial charge is 0.381 e. The van der Waals surface area contributed by atoms with Crippen LogP contribution in [0, 0.1) is 18.2 Å². The Bertz CT molecular complexity index is 504. The minimum atomic E-state index is -0.127. The van der Waals surface area contributed by atoms with E-state index in [0.717, 1.165) is 25.2 Å². The van der Waals surface area contributed by atoms with Crippen molar-refractivity contribution in [3.05, 3.63) is 35.1 Å². The van der Waals surface area contributed by atoms with Gasteiger partial charge in [-0.2, -0.15) is 0 Å². The maximum absolute atomic E-state index is 13.5. The van der Waals surface area contributed by atoms with Crippen LogP contribution >= 0.6 is 0 Å². The average Bonchev–Trinajstić information content (AvgIpc) is 2.85. The smallest absolute Gasteiger partial charge is 0.123 e. The molecule has 3 heteroatoms. The maximum Gasteiger partial charge on any atom is 0.123 e. The lowest BCUT2D eigenvalue weighted by molar-refractivity contribution is -0.0366. The Morgan fingerprint density at radius 2 is 2.14 bits per heavy atom. The SMILES string of the molecule is CO[C@@H]1CCC[C@@]12CCCN(Cc1cc(F)ccc1C)C2. The fourth-order valence-corrected chi connectivity index (χ4v) is 4.39. The molecular weight excluding hydrogens is 265 g/mol. The second-order valence-corrected chi connectivity index (χ2v) is 6.86. The highest BCUT2D eigenvalue weighted by Gasteiger charge is 2.45. The lowest BCUT2D eigenvalue weighted by Gasteiger charge is -2.43. The van der Waals surface area contributed by atoms with Gasteiger partial charge in [-0.05, 0) is 62.4 Å². The number of aryl methyl sites for hydroxylation is 1. The van der Waals surface area contributed by atoms with Gasteiger partial charge < -0.3 is 4.74 Å². The number of benzene rings is 1. The molecule has 2 fully saturated rings. The van der Waals surface area contributed by atoms with Crippen molar-refractivity contribution in [3.63, 3.8) is 0 Å². The van der Waals surface area contributed by atoms with E-state index in [9.17, 15) is 4.39 Å². The van der Waals surface area contributed by atoms with Crippen LogP contribution in [-0.4, -0.2) is 31.2 Å².